The summed E-state index contributed by atoms with van der Waals surface area (Å²) in [6, 6.07) is 8.13. The van der Waals surface area contributed by atoms with E-state index >= 15 is 0 Å². The average Bonchev–Trinajstić information content (AvgIpc) is 3.00. The van der Waals surface area contributed by atoms with E-state index in [1.807, 2.05) is 39.2 Å². The van der Waals surface area contributed by atoms with Gasteiger partial charge in [0.15, 0.2) is 0 Å². The zero-order valence-corrected chi connectivity index (χ0v) is 16.5. The van der Waals surface area contributed by atoms with Crippen LogP contribution in [0.2, 0.25) is 0 Å². The monoisotopic (exact) mass is 379 g/mol. The zero-order valence-electron chi connectivity index (χ0n) is 16.5. The number of hydrogen-bond donors (Lipinski definition) is 1. The van der Waals surface area contributed by atoms with E-state index in [9.17, 15) is 4.79 Å². The van der Waals surface area contributed by atoms with E-state index in [4.69, 9.17) is 4.74 Å². The van der Waals surface area contributed by atoms with Crippen LogP contribution in [0.5, 0.6) is 0 Å². The molecule has 28 heavy (non-hydrogen) atoms. The number of benzene rings is 1. The van der Waals surface area contributed by atoms with Gasteiger partial charge in [0.05, 0.1) is 31.1 Å². The second-order valence-electron chi connectivity index (χ2n) is 7.35. The lowest BCUT2D eigenvalue weighted by molar-refractivity contribution is -0.119. The van der Waals surface area contributed by atoms with E-state index in [0.717, 1.165) is 40.9 Å². The lowest BCUT2D eigenvalue weighted by Gasteiger charge is -2.30. The van der Waals surface area contributed by atoms with Gasteiger partial charge in [0.2, 0.25) is 5.91 Å². The van der Waals surface area contributed by atoms with Crippen molar-refractivity contribution in [2.24, 2.45) is 7.05 Å². The van der Waals surface area contributed by atoms with Gasteiger partial charge in [0, 0.05) is 37.3 Å². The van der Waals surface area contributed by atoms with Gasteiger partial charge in [0.1, 0.15) is 11.6 Å². The molecule has 146 valence electrons. The average molecular weight is 379 g/mol. The summed E-state index contributed by atoms with van der Waals surface area (Å²) in [7, 11) is 2.01. The highest BCUT2D eigenvalue weighted by Crippen LogP contribution is 2.25. The van der Waals surface area contributed by atoms with Gasteiger partial charge in [-0.05, 0) is 31.4 Å². The standard InChI is InChI=1S/C21H25N5O2/c1-14-12-26(6-7-28-14)13-21(27)24-20-9-18-8-16(4-5-17(18)10-23-20)19-11-22-15(2)25(19)3/h4-5,8-11,14H,6-7,12-13H2,1-3H3,(H,23,24,27)/t14-/m0/s1. The molecule has 1 fully saturated rings. The van der Waals surface area contributed by atoms with Gasteiger partial charge in [-0.25, -0.2) is 9.97 Å². The number of carbonyl (C=O) groups is 1. The molecule has 1 saturated heterocycles. The highest BCUT2D eigenvalue weighted by molar-refractivity contribution is 5.94. The number of aromatic nitrogens is 3. The summed E-state index contributed by atoms with van der Waals surface area (Å²) in [4.78, 5) is 23.3. The summed E-state index contributed by atoms with van der Waals surface area (Å²) in [5.74, 6) is 1.48. The number of pyridine rings is 1. The van der Waals surface area contributed by atoms with E-state index in [2.05, 4.69) is 36.9 Å². The Bertz CT molecular complexity index is 1010. The number of nitrogens with one attached hydrogen (secondary N) is 1. The number of morpholine rings is 1. The molecule has 4 rings (SSSR count). The Morgan fingerprint density at radius 1 is 1.25 bits per heavy atom. The van der Waals surface area contributed by atoms with Gasteiger partial charge in [0.25, 0.3) is 0 Å². The first-order valence-corrected chi connectivity index (χ1v) is 9.52. The van der Waals surface area contributed by atoms with Crippen LogP contribution in [0.1, 0.15) is 12.7 Å². The van der Waals surface area contributed by atoms with Crippen LogP contribution in [-0.4, -0.2) is 57.7 Å². The third-order valence-corrected chi connectivity index (χ3v) is 5.20. The first-order chi connectivity index (χ1) is 13.5. The molecule has 7 heteroatoms. The molecule has 1 aliphatic rings. The molecule has 1 N–H and O–H groups in total. The van der Waals surface area contributed by atoms with Gasteiger partial charge in [-0.2, -0.15) is 0 Å². The molecule has 0 spiro atoms. The fourth-order valence-electron chi connectivity index (χ4n) is 3.56. The highest BCUT2D eigenvalue weighted by Gasteiger charge is 2.19. The van der Waals surface area contributed by atoms with Gasteiger partial charge in [-0.3, -0.25) is 9.69 Å². The fraction of sp³-hybridized carbons (Fsp3) is 0.381. The van der Waals surface area contributed by atoms with E-state index in [1.165, 1.54) is 0 Å². The third-order valence-electron chi connectivity index (χ3n) is 5.20. The highest BCUT2D eigenvalue weighted by atomic mass is 16.5. The second kappa shape index (κ2) is 7.69. The Balaban J connectivity index is 1.51. The maximum atomic E-state index is 12.4. The van der Waals surface area contributed by atoms with Crippen molar-refractivity contribution in [3.8, 4) is 11.3 Å². The minimum absolute atomic E-state index is 0.0561. The van der Waals surface area contributed by atoms with E-state index in [1.54, 1.807) is 6.20 Å². The molecule has 2 aromatic heterocycles. The SMILES string of the molecule is Cc1ncc(-c2ccc3cnc(NC(=O)CN4CCO[C@@H](C)C4)cc3c2)n1C. The van der Waals surface area contributed by atoms with Crippen molar-refractivity contribution in [3.05, 3.63) is 42.5 Å². The lowest BCUT2D eigenvalue weighted by Crippen LogP contribution is -2.44. The molecule has 3 heterocycles. The Kier molecular flexibility index (Phi) is 5.11. The van der Waals surface area contributed by atoms with Gasteiger partial charge < -0.3 is 14.6 Å². The Morgan fingerprint density at radius 2 is 2.11 bits per heavy atom. The number of anilines is 1. The summed E-state index contributed by atoms with van der Waals surface area (Å²) in [6.45, 7) is 6.57. The minimum Gasteiger partial charge on any atom is -0.376 e. The number of ether oxygens (including phenoxy) is 1. The maximum Gasteiger partial charge on any atom is 0.239 e. The van der Waals surface area contributed by atoms with Gasteiger partial charge in [-0.1, -0.05) is 12.1 Å². The lowest BCUT2D eigenvalue weighted by atomic mass is 10.1. The summed E-state index contributed by atoms with van der Waals surface area (Å²) in [6.07, 6.45) is 3.83. The van der Waals surface area contributed by atoms with Crippen molar-refractivity contribution in [2.75, 3.05) is 31.6 Å². The summed E-state index contributed by atoms with van der Waals surface area (Å²) < 4.78 is 7.59. The minimum atomic E-state index is -0.0561. The van der Waals surface area contributed by atoms with Crippen LogP contribution in [-0.2, 0) is 16.6 Å². The number of rotatable bonds is 4. The van der Waals surface area contributed by atoms with E-state index < -0.39 is 0 Å². The summed E-state index contributed by atoms with van der Waals surface area (Å²) in [5.41, 5.74) is 2.14. The van der Waals surface area contributed by atoms with Crippen LogP contribution in [0.3, 0.4) is 0 Å². The molecule has 1 aliphatic heterocycles. The molecule has 0 unspecified atom stereocenters. The van der Waals surface area contributed by atoms with Gasteiger partial charge >= 0.3 is 0 Å². The molecular weight excluding hydrogens is 354 g/mol. The summed E-state index contributed by atoms with van der Waals surface area (Å²) in [5, 5.41) is 4.98. The molecule has 1 aromatic carbocycles. The Hall–Kier alpha value is -2.77. The predicted molar refractivity (Wildman–Crippen MR) is 109 cm³/mol. The van der Waals surface area contributed by atoms with Crippen LogP contribution < -0.4 is 5.32 Å². The molecule has 7 nitrogen and oxygen atoms in total. The quantitative estimate of drug-likeness (QED) is 0.754. The van der Waals surface area contributed by atoms with E-state index in [-0.39, 0.29) is 12.0 Å². The fourth-order valence-corrected chi connectivity index (χ4v) is 3.56. The molecule has 3 aromatic rings. The van der Waals surface area contributed by atoms with Crippen molar-refractivity contribution in [1.82, 2.24) is 19.4 Å². The predicted octanol–water partition coefficient (Wildman–Crippen LogP) is 2.60. The van der Waals surface area contributed by atoms with E-state index in [0.29, 0.717) is 19.0 Å². The van der Waals surface area contributed by atoms with Crippen molar-refractivity contribution in [3.63, 3.8) is 0 Å². The maximum absolute atomic E-state index is 12.4. The number of hydrogen-bond acceptors (Lipinski definition) is 5. The van der Waals surface area contributed by atoms with Crippen molar-refractivity contribution in [2.45, 2.75) is 20.0 Å². The number of amides is 1. The summed E-state index contributed by atoms with van der Waals surface area (Å²) >= 11 is 0. The van der Waals surface area contributed by atoms with Crippen molar-refractivity contribution in [1.29, 1.82) is 0 Å². The smallest absolute Gasteiger partial charge is 0.239 e. The largest absolute Gasteiger partial charge is 0.376 e. The van der Waals surface area contributed by atoms with Crippen LogP contribution in [0.15, 0.2) is 36.7 Å². The number of carbonyl (C=O) groups excluding carboxylic acids is 1. The van der Waals surface area contributed by atoms with Crippen LogP contribution >= 0.6 is 0 Å². The molecule has 1 amide bonds. The number of fused-ring (bicyclic) bond motifs is 1. The number of aryl methyl sites for hydroxylation is 1. The van der Waals surface area contributed by atoms with Crippen LogP contribution in [0, 0.1) is 6.92 Å². The Morgan fingerprint density at radius 3 is 2.86 bits per heavy atom. The molecule has 0 bridgehead atoms. The topological polar surface area (TPSA) is 72.3 Å². The van der Waals surface area contributed by atoms with Gasteiger partial charge in [-0.15, -0.1) is 0 Å². The van der Waals surface area contributed by atoms with Crippen molar-refractivity contribution < 1.29 is 9.53 Å². The molecular formula is C21H25N5O2. The van der Waals surface area contributed by atoms with Crippen LogP contribution in [0.4, 0.5) is 5.82 Å². The second-order valence-corrected chi connectivity index (χ2v) is 7.35. The van der Waals surface area contributed by atoms with Crippen molar-refractivity contribution >= 4 is 22.5 Å². The number of imidazole rings is 1. The first-order valence-electron chi connectivity index (χ1n) is 9.52. The molecule has 1 atom stereocenters. The molecule has 0 aliphatic carbocycles. The molecule has 0 radical (unpaired) electrons. The number of nitrogens with zero attached hydrogens (tertiary/aromatic N) is 4. The molecule has 0 saturated carbocycles. The normalized spacial score (nSPS) is 17.8. The van der Waals surface area contributed by atoms with Crippen LogP contribution in [0.25, 0.3) is 22.0 Å². The zero-order chi connectivity index (χ0) is 19.7. The first kappa shape index (κ1) is 18.6. The Labute approximate surface area is 164 Å². The third kappa shape index (κ3) is 3.90.